The highest BCUT2D eigenvalue weighted by atomic mass is 15.1. The highest BCUT2D eigenvalue weighted by Gasteiger charge is 2.16. The normalized spacial score (nSPS) is 23.8. The molecular weight excluding hydrogens is 218 g/mol. The Morgan fingerprint density at radius 1 is 1.50 bits per heavy atom. The summed E-state index contributed by atoms with van der Waals surface area (Å²) in [7, 11) is 0. The molecule has 0 fully saturated rings. The standard InChI is InChI=1S/C17H27N/c1-6-11-18(14(2)3)12-7-8-17-10-9-15(4)13-16(17)5/h6-8,13,16-17H,1-2,9-12H2,3-5H3/b8-7-. The third-order valence-corrected chi connectivity index (χ3v) is 3.69. The summed E-state index contributed by atoms with van der Waals surface area (Å²) in [6, 6.07) is 0. The highest BCUT2D eigenvalue weighted by molar-refractivity contribution is 5.10. The first kappa shape index (κ1) is 14.8. The van der Waals surface area contributed by atoms with Crippen LogP contribution >= 0.6 is 0 Å². The summed E-state index contributed by atoms with van der Waals surface area (Å²) >= 11 is 0. The number of allylic oxidation sites excluding steroid dienone is 4. The summed E-state index contributed by atoms with van der Waals surface area (Å²) in [6.45, 7) is 16.2. The maximum Gasteiger partial charge on any atom is 0.0359 e. The fraction of sp³-hybridized carbons (Fsp3) is 0.529. The van der Waals surface area contributed by atoms with Gasteiger partial charge >= 0.3 is 0 Å². The molecule has 1 nitrogen and oxygen atoms in total. The zero-order chi connectivity index (χ0) is 13.5. The van der Waals surface area contributed by atoms with Gasteiger partial charge in [-0.1, -0.05) is 43.4 Å². The Bertz CT molecular complexity index is 349. The molecule has 0 spiro atoms. The lowest BCUT2D eigenvalue weighted by Gasteiger charge is -2.25. The van der Waals surface area contributed by atoms with Gasteiger partial charge in [-0.15, -0.1) is 6.58 Å². The first-order valence-electron chi connectivity index (χ1n) is 6.90. The summed E-state index contributed by atoms with van der Waals surface area (Å²) in [5, 5.41) is 0. The van der Waals surface area contributed by atoms with E-state index in [1.54, 1.807) is 5.57 Å². The van der Waals surface area contributed by atoms with Crippen molar-refractivity contribution in [2.75, 3.05) is 13.1 Å². The van der Waals surface area contributed by atoms with Crippen LogP contribution in [0.15, 0.2) is 48.7 Å². The molecule has 0 radical (unpaired) electrons. The van der Waals surface area contributed by atoms with Crippen LogP contribution in [-0.2, 0) is 0 Å². The minimum Gasteiger partial charge on any atom is -0.368 e. The molecule has 0 bridgehead atoms. The maximum absolute atomic E-state index is 4.00. The van der Waals surface area contributed by atoms with Crippen LogP contribution in [0, 0.1) is 11.8 Å². The zero-order valence-electron chi connectivity index (χ0n) is 12.2. The van der Waals surface area contributed by atoms with E-state index in [0.717, 1.165) is 18.8 Å². The predicted molar refractivity (Wildman–Crippen MR) is 81.4 cm³/mol. The van der Waals surface area contributed by atoms with Crippen molar-refractivity contribution in [3.05, 3.63) is 48.7 Å². The molecule has 18 heavy (non-hydrogen) atoms. The average Bonchev–Trinajstić information content (AvgIpc) is 2.30. The first-order chi connectivity index (χ1) is 8.54. The third kappa shape index (κ3) is 4.56. The monoisotopic (exact) mass is 245 g/mol. The molecule has 0 amide bonds. The van der Waals surface area contributed by atoms with Crippen molar-refractivity contribution in [3.63, 3.8) is 0 Å². The Balaban J connectivity index is 2.49. The van der Waals surface area contributed by atoms with Gasteiger partial charge in [0.15, 0.2) is 0 Å². The molecule has 2 atom stereocenters. The minimum atomic E-state index is 0.674. The topological polar surface area (TPSA) is 3.24 Å². The van der Waals surface area contributed by atoms with Crippen LogP contribution in [0.5, 0.6) is 0 Å². The second-order valence-corrected chi connectivity index (χ2v) is 5.43. The molecular formula is C17H27N. The van der Waals surface area contributed by atoms with E-state index in [0.29, 0.717) is 11.8 Å². The van der Waals surface area contributed by atoms with E-state index in [-0.39, 0.29) is 0 Å². The van der Waals surface area contributed by atoms with E-state index in [4.69, 9.17) is 0 Å². The summed E-state index contributed by atoms with van der Waals surface area (Å²) in [6.07, 6.45) is 11.5. The van der Waals surface area contributed by atoms with Crippen molar-refractivity contribution in [1.29, 1.82) is 0 Å². The van der Waals surface area contributed by atoms with Gasteiger partial charge in [-0.25, -0.2) is 0 Å². The van der Waals surface area contributed by atoms with E-state index in [2.05, 4.69) is 50.1 Å². The third-order valence-electron chi connectivity index (χ3n) is 3.69. The quantitative estimate of drug-likeness (QED) is 0.620. The van der Waals surface area contributed by atoms with Gasteiger partial charge in [0.2, 0.25) is 0 Å². The van der Waals surface area contributed by atoms with Crippen LogP contribution in [0.4, 0.5) is 0 Å². The molecule has 0 N–H and O–H groups in total. The van der Waals surface area contributed by atoms with Gasteiger partial charge < -0.3 is 4.90 Å². The lowest BCUT2D eigenvalue weighted by molar-refractivity contribution is 0.416. The summed E-state index contributed by atoms with van der Waals surface area (Å²) in [4.78, 5) is 2.23. The van der Waals surface area contributed by atoms with Crippen molar-refractivity contribution < 1.29 is 0 Å². The van der Waals surface area contributed by atoms with E-state index < -0.39 is 0 Å². The number of rotatable bonds is 6. The molecule has 1 heteroatoms. The highest BCUT2D eigenvalue weighted by Crippen LogP contribution is 2.29. The smallest absolute Gasteiger partial charge is 0.0359 e. The Morgan fingerprint density at radius 2 is 2.22 bits per heavy atom. The van der Waals surface area contributed by atoms with Crippen molar-refractivity contribution in [2.45, 2.75) is 33.6 Å². The van der Waals surface area contributed by atoms with Crippen LogP contribution in [0.3, 0.4) is 0 Å². The van der Waals surface area contributed by atoms with Gasteiger partial charge in [-0.05, 0) is 38.5 Å². The average molecular weight is 245 g/mol. The van der Waals surface area contributed by atoms with Gasteiger partial charge in [0.1, 0.15) is 0 Å². The fourth-order valence-electron chi connectivity index (χ4n) is 2.49. The predicted octanol–water partition coefficient (Wildman–Crippen LogP) is 4.56. The van der Waals surface area contributed by atoms with E-state index in [1.165, 1.54) is 12.8 Å². The molecule has 1 aliphatic rings. The molecule has 0 aromatic carbocycles. The molecule has 0 heterocycles. The Morgan fingerprint density at radius 3 is 2.78 bits per heavy atom. The van der Waals surface area contributed by atoms with Gasteiger partial charge in [-0.2, -0.15) is 0 Å². The van der Waals surface area contributed by atoms with Gasteiger partial charge in [0, 0.05) is 18.8 Å². The molecule has 1 aliphatic carbocycles. The lowest BCUT2D eigenvalue weighted by atomic mass is 9.82. The molecule has 0 aliphatic heterocycles. The molecule has 1 rings (SSSR count). The largest absolute Gasteiger partial charge is 0.368 e. The maximum atomic E-state index is 4.00. The van der Waals surface area contributed by atoms with Crippen LogP contribution in [0.1, 0.15) is 33.6 Å². The van der Waals surface area contributed by atoms with Gasteiger partial charge in [0.05, 0.1) is 0 Å². The second kappa shape index (κ2) is 7.25. The zero-order valence-corrected chi connectivity index (χ0v) is 12.2. The van der Waals surface area contributed by atoms with Crippen LogP contribution in [-0.4, -0.2) is 18.0 Å². The summed E-state index contributed by atoms with van der Waals surface area (Å²) in [5.74, 6) is 1.37. The number of hydrogen-bond acceptors (Lipinski definition) is 1. The first-order valence-corrected chi connectivity index (χ1v) is 6.90. The molecule has 2 unspecified atom stereocenters. The minimum absolute atomic E-state index is 0.674. The Hall–Kier alpha value is -1.24. The summed E-state index contributed by atoms with van der Waals surface area (Å²) in [5.41, 5.74) is 2.65. The molecule has 100 valence electrons. The molecule has 0 saturated heterocycles. The van der Waals surface area contributed by atoms with Crippen molar-refractivity contribution in [1.82, 2.24) is 4.90 Å². The Kier molecular flexibility index (Phi) is 5.97. The van der Waals surface area contributed by atoms with E-state index >= 15 is 0 Å². The van der Waals surface area contributed by atoms with Gasteiger partial charge in [0.25, 0.3) is 0 Å². The Labute approximate surface area is 113 Å². The van der Waals surface area contributed by atoms with Crippen molar-refractivity contribution in [3.8, 4) is 0 Å². The van der Waals surface area contributed by atoms with Gasteiger partial charge in [-0.3, -0.25) is 0 Å². The van der Waals surface area contributed by atoms with Crippen molar-refractivity contribution >= 4 is 0 Å². The number of nitrogens with zero attached hydrogens (tertiary/aromatic N) is 1. The molecule has 0 aromatic rings. The van der Waals surface area contributed by atoms with E-state index in [1.807, 2.05) is 13.0 Å². The lowest BCUT2D eigenvalue weighted by Crippen LogP contribution is -2.21. The van der Waals surface area contributed by atoms with Crippen molar-refractivity contribution in [2.24, 2.45) is 11.8 Å². The SMILES string of the molecule is C=CCN(C/C=C\C1CCC(C)=CC1C)C(=C)C. The van der Waals surface area contributed by atoms with E-state index in [9.17, 15) is 0 Å². The fourth-order valence-corrected chi connectivity index (χ4v) is 2.49. The second-order valence-electron chi connectivity index (χ2n) is 5.43. The molecule has 0 aromatic heterocycles. The molecule has 0 saturated carbocycles. The van der Waals surface area contributed by atoms with Crippen LogP contribution in [0.2, 0.25) is 0 Å². The van der Waals surface area contributed by atoms with Crippen LogP contribution in [0.25, 0.3) is 0 Å². The number of hydrogen-bond donors (Lipinski definition) is 0. The van der Waals surface area contributed by atoms with Crippen LogP contribution < -0.4 is 0 Å². The summed E-state index contributed by atoms with van der Waals surface area (Å²) < 4.78 is 0.